The van der Waals surface area contributed by atoms with Gasteiger partial charge in [0.1, 0.15) is 5.78 Å². The van der Waals surface area contributed by atoms with E-state index < -0.39 is 5.41 Å². The molecule has 0 aliphatic heterocycles. The highest BCUT2D eigenvalue weighted by Gasteiger charge is 2.30. The van der Waals surface area contributed by atoms with Gasteiger partial charge in [-0.2, -0.15) is 5.26 Å². The summed E-state index contributed by atoms with van der Waals surface area (Å²) in [4.78, 5) is 11.1. The topological polar surface area (TPSA) is 40.9 Å². The molecule has 0 fully saturated rings. The molecule has 0 aromatic heterocycles. The van der Waals surface area contributed by atoms with Crippen LogP contribution in [0.15, 0.2) is 18.2 Å². The fourth-order valence-electron chi connectivity index (χ4n) is 1.63. The summed E-state index contributed by atoms with van der Waals surface area (Å²) < 4.78 is 0. The molecule has 0 N–H and O–H groups in total. The second kappa shape index (κ2) is 4.86. The minimum atomic E-state index is -0.895. The van der Waals surface area contributed by atoms with Crippen LogP contribution < -0.4 is 0 Å². The SMILES string of the molecule is CC(=O)CC(C)(C#N)c1ccc(Cl)cc1Cl. The van der Waals surface area contributed by atoms with Gasteiger partial charge in [0.25, 0.3) is 0 Å². The van der Waals surface area contributed by atoms with Crippen LogP contribution in [-0.4, -0.2) is 5.78 Å². The average Bonchev–Trinajstić information content (AvgIpc) is 2.16. The first-order valence-corrected chi connectivity index (χ1v) is 5.51. The average molecular weight is 256 g/mol. The van der Waals surface area contributed by atoms with Crippen LogP contribution in [0.1, 0.15) is 25.8 Å². The number of hydrogen-bond acceptors (Lipinski definition) is 2. The smallest absolute Gasteiger partial charge is 0.131 e. The molecule has 0 aliphatic carbocycles. The summed E-state index contributed by atoms with van der Waals surface area (Å²) in [7, 11) is 0. The molecule has 0 heterocycles. The van der Waals surface area contributed by atoms with Gasteiger partial charge in [-0.3, -0.25) is 4.79 Å². The van der Waals surface area contributed by atoms with Gasteiger partial charge < -0.3 is 0 Å². The monoisotopic (exact) mass is 255 g/mol. The van der Waals surface area contributed by atoms with E-state index in [0.29, 0.717) is 15.6 Å². The Bertz CT molecular complexity index is 465. The Morgan fingerprint density at radius 3 is 2.56 bits per heavy atom. The summed E-state index contributed by atoms with van der Waals surface area (Å²) >= 11 is 11.8. The zero-order valence-electron chi connectivity index (χ0n) is 9.05. The lowest BCUT2D eigenvalue weighted by Gasteiger charge is -2.21. The number of ketones is 1. The molecule has 0 saturated carbocycles. The zero-order valence-corrected chi connectivity index (χ0v) is 10.6. The van der Waals surface area contributed by atoms with Crippen molar-refractivity contribution in [3.05, 3.63) is 33.8 Å². The molecule has 2 nitrogen and oxygen atoms in total. The van der Waals surface area contributed by atoms with Crippen LogP contribution in [0.25, 0.3) is 0 Å². The van der Waals surface area contributed by atoms with Gasteiger partial charge in [-0.25, -0.2) is 0 Å². The normalized spacial score (nSPS) is 13.9. The maximum atomic E-state index is 11.1. The molecular formula is C12H11Cl2NO. The number of hydrogen-bond donors (Lipinski definition) is 0. The fraction of sp³-hybridized carbons (Fsp3) is 0.333. The molecule has 84 valence electrons. The number of carbonyl (C=O) groups is 1. The molecule has 1 atom stereocenters. The Hall–Kier alpha value is -1.04. The second-order valence-corrected chi connectivity index (χ2v) is 4.79. The van der Waals surface area contributed by atoms with Gasteiger partial charge in [-0.05, 0) is 31.5 Å². The van der Waals surface area contributed by atoms with Crippen LogP contribution in [0.4, 0.5) is 0 Å². The number of nitrogens with zero attached hydrogens (tertiary/aromatic N) is 1. The van der Waals surface area contributed by atoms with E-state index in [4.69, 9.17) is 23.2 Å². The molecule has 0 bridgehead atoms. The summed E-state index contributed by atoms with van der Waals surface area (Å²) in [6.45, 7) is 3.16. The largest absolute Gasteiger partial charge is 0.300 e. The molecule has 1 rings (SSSR count). The molecule has 0 radical (unpaired) electrons. The van der Waals surface area contributed by atoms with Gasteiger partial charge in [-0.1, -0.05) is 29.3 Å². The van der Waals surface area contributed by atoms with Gasteiger partial charge in [0, 0.05) is 16.5 Å². The highest BCUT2D eigenvalue weighted by Crippen LogP contribution is 2.34. The highest BCUT2D eigenvalue weighted by atomic mass is 35.5. The van der Waals surface area contributed by atoms with Crippen molar-refractivity contribution in [3.63, 3.8) is 0 Å². The van der Waals surface area contributed by atoms with E-state index in [1.165, 1.54) is 6.92 Å². The number of Topliss-reactive ketones (excluding diaryl/α,β-unsaturated/α-hetero) is 1. The van der Waals surface area contributed by atoms with E-state index in [2.05, 4.69) is 6.07 Å². The van der Waals surface area contributed by atoms with Crippen molar-refractivity contribution in [1.82, 2.24) is 0 Å². The van der Waals surface area contributed by atoms with Gasteiger partial charge in [-0.15, -0.1) is 0 Å². The van der Waals surface area contributed by atoms with Gasteiger partial charge in [0.15, 0.2) is 0 Å². The van der Waals surface area contributed by atoms with Gasteiger partial charge in [0.05, 0.1) is 11.5 Å². The van der Waals surface area contributed by atoms with E-state index in [-0.39, 0.29) is 12.2 Å². The van der Waals surface area contributed by atoms with Crippen LogP contribution in [0.5, 0.6) is 0 Å². The van der Waals surface area contributed by atoms with E-state index in [1.807, 2.05) is 0 Å². The number of carbonyl (C=O) groups excluding carboxylic acids is 1. The minimum absolute atomic E-state index is 0.0462. The molecule has 1 aromatic rings. The maximum Gasteiger partial charge on any atom is 0.131 e. The van der Waals surface area contributed by atoms with Crippen LogP contribution >= 0.6 is 23.2 Å². The summed E-state index contributed by atoms with van der Waals surface area (Å²) in [6.07, 6.45) is 0.144. The van der Waals surface area contributed by atoms with Crippen molar-refractivity contribution in [2.45, 2.75) is 25.7 Å². The fourth-order valence-corrected chi connectivity index (χ4v) is 2.25. The summed E-state index contributed by atoms with van der Waals surface area (Å²) in [6, 6.07) is 7.07. The Labute approximate surface area is 105 Å². The molecule has 1 aromatic carbocycles. The quantitative estimate of drug-likeness (QED) is 0.826. The third-order valence-electron chi connectivity index (χ3n) is 2.37. The first-order chi connectivity index (χ1) is 7.39. The van der Waals surface area contributed by atoms with Crippen molar-refractivity contribution in [1.29, 1.82) is 5.26 Å². The van der Waals surface area contributed by atoms with Crippen molar-refractivity contribution in [2.24, 2.45) is 0 Å². The van der Waals surface area contributed by atoms with E-state index in [9.17, 15) is 10.1 Å². The Morgan fingerprint density at radius 2 is 2.12 bits per heavy atom. The first kappa shape index (κ1) is 13.0. The molecule has 1 unspecified atom stereocenters. The van der Waals surface area contributed by atoms with E-state index >= 15 is 0 Å². The van der Waals surface area contributed by atoms with Crippen LogP contribution in [0, 0.1) is 11.3 Å². The zero-order chi connectivity index (χ0) is 12.3. The predicted molar refractivity (Wildman–Crippen MR) is 64.7 cm³/mol. The summed E-state index contributed by atoms with van der Waals surface area (Å²) in [5.74, 6) is -0.0462. The van der Waals surface area contributed by atoms with Gasteiger partial charge >= 0.3 is 0 Å². The second-order valence-electron chi connectivity index (χ2n) is 3.95. The molecule has 4 heteroatoms. The molecule has 0 amide bonds. The third-order valence-corrected chi connectivity index (χ3v) is 2.92. The number of rotatable bonds is 3. The van der Waals surface area contributed by atoms with Crippen molar-refractivity contribution in [3.8, 4) is 6.07 Å². The van der Waals surface area contributed by atoms with Gasteiger partial charge in [0.2, 0.25) is 0 Å². The number of benzene rings is 1. The first-order valence-electron chi connectivity index (χ1n) is 4.75. The molecular weight excluding hydrogens is 245 g/mol. The Balaban J connectivity index is 3.24. The molecule has 0 aliphatic rings. The maximum absolute atomic E-state index is 11.1. The van der Waals surface area contributed by atoms with E-state index in [1.54, 1.807) is 25.1 Å². The van der Waals surface area contributed by atoms with Crippen LogP contribution in [-0.2, 0) is 10.2 Å². The minimum Gasteiger partial charge on any atom is -0.300 e. The van der Waals surface area contributed by atoms with Crippen LogP contribution in [0.2, 0.25) is 10.0 Å². The predicted octanol–water partition coefficient (Wildman–Crippen LogP) is 3.75. The third kappa shape index (κ3) is 2.75. The summed E-state index contributed by atoms with van der Waals surface area (Å²) in [5.41, 5.74) is -0.260. The van der Waals surface area contributed by atoms with Crippen molar-refractivity contribution >= 4 is 29.0 Å². The van der Waals surface area contributed by atoms with Crippen molar-refractivity contribution < 1.29 is 4.79 Å². The number of halogens is 2. The lowest BCUT2D eigenvalue weighted by atomic mass is 9.80. The lowest BCUT2D eigenvalue weighted by molar-refractivity contribution is -0.117. The van der Waals surface area contributed by atoms with E-state index in [0.717, 1.165) is 0 Å². The number of nitriles is 1. The molecule has 16 heavy (non-hydrogen) atoms. The Morgan fingerprint density at radius 1 is 1.50 bits per heavy atom. The summed E-state index contributed by atoms with van der Waals surface area (Å²) in [5, 5.41) is 10.1. The van der Waals surface area contributed by atoms with Crippen molar-refractivity contribution in [2.75, 3.05) is 0 Å². The standard InChI is InChI=1S/C12H11Cl2NO/c1-8(16)6-12(2,7-15)10-4-3-9(13)5-11(10)14/h3-5H,6H2,1-2H3. The highest BCUT2D eigenvalue weighted by molar-refractivity contribution is 6.35. The molecule has 0 saturated heterocycles. The van der Waals surface area contributed by atoms with Crippen LogP contribution in [0.3, 0.4) is 0 Å². The lowest BCUT2D eigenvalue weighted by Crippen LogP contribution is -2.23. The molecule has 0 spiro atoms. The Kier molecular flexibility index (Phi) is 3.96.